The second kappa shape index (κ2) is 5.50. The van der Waals surface area contributed by atoms with Gasteiger partial charge < -0.3 is 5.11 Å². The summed E-state index contributed by atoms with van der Waals surface area (Å²) in [6.07, 6.45) is 8.87. The number of aliphatic hydroxyl groups excluding tert-OH is 1. The molecule has 1 heterocycles. The van der Waals surface area contributed by atoms with Crippen LogP contribution in [-0.2, 0) is 6.42 Å². The minimum Gasteiger partial charge on any atom is -0.389 e. The Morgan fingerprint density at radius 2 is 2.24 bits per heavy atom. The largest absolute Gasteiger partial charge is 0.389 e. The van der Waals surface area contributed by atoms with Gasteiger partial charge >= 0.3 is 0 Å². The zero-order valence-corrected chi connectivity index (χ0v) is 10.8. The van der Waals surface area contributed by atoms with Gasteiger partial charge in [-0.15, -0.1) is 0 Å². The molecular weight excluding hydrogens is 212 g/mol. The first-order chi connectivity index (χ1) is 8.22. The third-order valence-corrected chi connectivity index (χ3v) is 3.58. The van der Waals surface area contributed by atoms with Crippen LogP contribution in [0.5, 0.6) is 0 Å². The van der Waals surface area contributed by atoms with Crippen LogP contribution in [0, 0.1) is 0 Å². The van der Waals surface area contributed by atoms with Gasteiger partial charge in [-0.05, 0) is 31.7 Å². The molecule has 1 unspecified atom stereocenters. The van der Waals surface area contributed by atoms with Gasteiger partial charge in [0.25, 0.3) is 0 Å². The lowest BCUT2D eigenvalue weighted by Crippen LogP contribution is -2.07. The fourth-order valence-corrected chi connectivity index (χ4v) is 2.49. The van der Waals surface area contributed by atoms with Crippen molar-refractivity contribution in [2.45, 2.75) is 58.1 Å². The van der Waals surface area contributed by atoms with E-state index in [4.69, 9.17) is 0 Å². The van der Waals surface area contributed by atoms with E-state index in [0.717, 1.165) is 37.8 Å². The van der Waals surface area contributed by atoms with Gasteiger partial charge in [0, 0.05) is 12.6 Å². The Morgan fingerprint density at radius 3 is 2.82 bits per heavy atom. The van der Waals surface area contributed by atoms with E-state index >= 15 is 0 Å². The number of aliphatic hydroxyl groups is 1. The highest BCUT2D eigenvalue weighted by molar-refractivity contribution is 5.19. The van der Waals surface area contributed by atoms with E-state index in [-0.39, 0.29) is 6.10 Å². The fourth-order valence-electron chi connectivity index (χ4n) is 2.49. The molecule has 1 aromatic rings. The molecule has 1 aliphatic carbocycles. The van der Waals surface area contributed by atoms with Crippen LogP contribution in [0.2, 0.25) is 0 Å². The predicted molar refractivity (Wildman–Crippen MR) is 68.9 cm³/mol. The fraction of sp³-hybridized carbons (Fsp3) is 0.643. The summed E-state index contributed by atoms with van der Waals surface area (Å²) in [4.78, 5) is 0. The molecule has 17 heavy (non-hydrogen) atoms. The average Bonchev–Trinajstić information content (AvgIpc) is 2.91. The van der Waals surface area contributed by atoms with Crippen LogP contribution >= 0.6 is 0 Å². The van der Waals surface area contributed by atoms with E-state index in [2.05, 4.69) is 35.9 Å². The van der Waals surface area contributed by atoms with Crippen LogP contribution in [0.1, 0.15) is 51.3 Å². The van der Waals surface area contributed by atoms with Crippen molar-refractivity contribution >= 4 is 0 Å². The second-order valence-electron chi connectivity index (χ2n) is 4.87. The summed E-state index contributed by atoms with van der Waals surface area (Å²) in [5.41, 5.74) is 2.45. The zero-order valence-electron chi connectivity index (χ0n) is 10.8. The molecule has 0 saturated carbocycles. The van der Waals surface area contributed by atoms with E-state index in [1.165, 1.54) is 5.57 Å². The maximum Gasteiger partial charge on any atom is 0.0726 e. The summed E-state index contributed by atoms with van der Waals surface area (Å²) < 4.78 is 2.08. The summed E-state index contributed by atoms with van der Waals surface area (Å²) in [5, 5.41) is 14.1. The lowest BCUT2D eigenvalue weighted by molar-refractivity contribution is 0.223. The quantitative estimate of drug-likeness (QED) is 0.795. The molecule has 3 heteroatoms. The van der Waals surface area contributed by atoms with E-state index in [1.54, 1.807) is 0 Å². The van der Waals surface area contributed by atoms with E-state index < -0.39 is 0 Å². The third kappa shape index (κ3) is 2.97. The normalized spacial score (nSPS) is 20.0. The third-order valence-electron chi connectivity index (χ3n) is 3.58. The van der Waals surface area contributed by atoms with E-state index in [1.807, 2.05) is 6.08 Å². The Kier molecular flexibility index (Phi) is 4.00. The standard InChI is InChI=1S/C14H22N2O/c1-3-13(4-2)16-8-7-12(15-16)9-11-5-6-14(17)10-11/h7-8,10,13-14,17H,3-6,9H2,1-2H3. The van der Waals surface area contributed by atoms with Gasteiger partial charge in [-0.25, -0.2) is 0 Å². The monoisotopic (exact) mass is 234 g/mol. The Morgan fingerprint density at radius 1 is 1.47 bits per heavy atom. The minimum atomic E-state index is -0.230. The number of aromatic nitrogens is 2. The topological polar surface area (TPSA) is 38.0 Å². The number of hydrogen-bond acceptors (Lipinski definition) is 2. The molecule has 2 rings (SSSR count). The molecule has 1 atom stereocenters. The minimum absolute atomic E-state index is 0.230. The summed E-state index contributed by atoms with van der Waals surface area (Å²) in [6.45, 7) is 4.40. The highest BCUT2D eigenvalue weighted by Gasteiger charge is 2.14. The Labute approximate surface area is 103 Å². The predicted octanol–water partition coefficient (Wildman–Crippen LogP) is 2.87. The van der Waals surface area contributed by atoms with Gasteiger partial charge in [0.05, 0.1) is 17.8 Å². The van der Waals surface area contributed by atoms with E-state index in [0.29, 0.717) is 6.04 Å². The maximum absolute atomic E-state index is 9.45. The van der Waals surface area contributed by atoms with Crippen molar-refractivity contribution in [2.24, 2.45) is 0 Å². The lowest BCUT2D eigenvalue weighted by atomic mass is 10.1. The van der Waals surface area contributed by atoms with E-state index in [9.17, 15) is 5.11 Å². The number of hydrogen-bond donors (Lipinski definition) is 1. The lowest BCUT2D eigenvalue weighted by Gasteiger charge is -2.12. The molecule has 0 aliphatic heterocycles. The molecule has 94 valence electrons. The van der Waals surface area contributed by atoms with Crippen LogP contribution in [-0.4, -0.2) is 21.0 Å². The molecule has 1 N–H and O–H groups in total. The summed E-state index contributed by atoms with van der Waals surface area (Å²) >= 11 is 0. The first kappa shape index (κ1) is 12.4. The molecule has 0 aromatic carbocycles. The molecule has 1 aliphatic rings. The van der Waals surface area contributed by atoms with Gasteiger partial charge in [0.2, 0.25) is 0 Å². The van der Waals surface area contributed by atoms with Crippen LogP contribution in [0.25, 0.3) is 0 Å². The molecule has 0 radical (unpaired) electrons. The van der Waals surface area contributed by atoms with Gasteiger partial charge in [-0.2, -0.15) is 5.10 Å². The molecule has 0 fully saturated rings. The molecule has 0 spiro atoms. The van der Waals surface area contributed by atoms with Crippen molar-refractivity contribution in [1.29, 1.82) is 0 Å². The number of rotatable bonds is 5. The molecule has 3 nitrogen and oxygen atoms in total. The smallest absolute Gasteiger partial charge is 0.0726 e. The van der Waals surface area contributed by atoms with Gasteiger partial charge in [0.15, 0.2) is 0 Å². The van der Waals surface area contributed by atoms with Crippen LogP contribution < -0.4 is 0 Å². The first-order valence-corrected chi connectivity index (χ1v) is 6.64. The summed E-state index contributed by atoms with van der Waals surface area (Å²) in [5.74, 6) is 0. The van der Waals surface area contributed by atoms with Crippen LogP contribution in [0.4, 0.5) is 0 Å². The number of allylic oxidation sites excluding steroid dienone is 1. The molecule has 0 amide bonds. The van der Waals surface area contributed by atoms with Crippen molar-refractivity contribution in [3.63, 3.8) is 0 Å². The van der Waals surface area contributed by atoms with Crippen molar-refractivity contribution in [1.82, 2.24) is 9.78 Å². The SMILES string of the molecule is CCC(CC)n1ccc(CC2=CC(O)CC2)n1. The van der Waals surface area contributed by atoms with Crippen LogP contribution in [0.3, 0.4) is 0 Å². The summed E-state index contributed by atoms with van der Waals surface area (Å²) in [6, 6.07) is 2.62. The van der Waals surface area contributed by atoms with Crippen molar-refractivity contribution in [3.8, 4) is 0 Å². The van der Waals surface area contributed by atoms with Crippen molar-refractivity contribution < 1.29 is 5.11 Å². The Balaban J connectivity index is 2.01. The second-order valence-corrected chi connectivity index (χ2v) is 4.87. The average molecular weight is 234 g/mol. The Hall–Kier alpha value is -1.09. The zero-order chi connectivity index (χ0) is 12.3. The first-order valence-electron chi connectivity index (χ1n) is 6.64. The highest BCUT2D eigenvalue weighted by atomic mass is 16.3. The van der Waals surface area contributed by atoms with Crippen molar-refractivity contribution in [2.75, 3.05) is 0 Å². The Bertz CT molecular complexity index is 391. The molecule has 1 aromatic heterocycles. The van der Waals surface area contributed by atoms with Crippen LogP contribution in [0.15, 0.2) is 23.9 Å². The van der Waals surface area contributed by atoms with Gasteiger partial charge in [-0.1, -0.05) is 25.5 Å². The molecule has 0 saturated heterocycles. The van der Waals surface area contributed by atoms with Crippen molar-refractivity contribution in [3.05, 3.63) is 29.6 Å². The highest BCUT2D eigenvalue weighted by Crippen LogP contribution is 2.22. The molecular formula is C14H22N2O. The van der Waals surface area contributed by atoms with Gasteiger partial charge in [0.1, 0.15) is 0 Å². The summed E-state index contributed by atoms with van der Waals surface area (Å²) in [7, 11) is 0. The molecule has 0 bridgehead atoms. The number of nitrogens with zero attached hydrogens (tertiary/aromatic N) is 2. The maximum atomic E-state index is 9.45. The van der Waals surface area contributed by atoms with Gasteiger partial charge in [-0.3, -0.25) is 4.68 Å².